The maximum Gasteiger partial charge on any atom is 0.408 e. The van der Waals surface area contributed by atoms with E-state index < -0.39 is 45.5 Å². The van der Waals surface area contributed by atoms with Crippen molar-refractivity contribution in [1.29, 1.82) is 0 Å². The van der Waals surface area contributed by atoms with Gasteiger partial charge in [0.25, 0.3) is 0 Å². The fourth-order valence-corrected chi connectivity index (χ4v) is 5.89. The number of amides is 2. The third-order valence-electron chi connectivity index (χ3n) is 6.66. The number of sulfone groups is 1. The molecule has 1 fully saturated rings. The summed E-state index contributed by atoms with van der Waals surface area (Å²) in [6.07, 6.45) is 5.18. The highest BCUT2D eigenvalue weighted by Crippen LogP contribution is 2.27. The zero-order valence-corrected chi connectivity index (χ0v) is 22.0. The van der Waals surface area contributed by atoms with Gasteiger partial charge in [-0.1, -0.05) is 87.6 Å². The Morgan fingerprint density at radius 1 is 0.892 bits per heavy atom. The summed E-state index contributed by atoms with van der Waals surface area (Å²) in [5.41, 5.74) is 0.821. The zero-order valence-electron chi connectivity index (χ0n) is 21.2. The summed E-state index contributed by atoms with van der Waals surface area (Å²) in [5.74, 6) is -1.55. The van der Waals surface area contributed by atoms with Crippen molar-refractivity contribution in [1.82, 2.24) is 10.6 Å². The first-order valence-electron chi connectivity index (χ1n) is 12.9. The normalized spacial score (nSPS) is 15.8. The summed E-state index contributed by atoms with van der Waals surface area (Å²) in [6.45, 7) is 1.77. The topological polar surface area (TPSA) is 119 Å². The number of ether oxygens (including phenoxy) is 1. The molecule has 37 heavy (non-hydrogen) atoms. The van der Waals surface area contributed by atoms with E-state index in [9.17, 15) is 22.8 Å². The van der Waals surface area contributed by atoms with E-state index in [0.717, 1.165) is 37.7 Å². The van der Waals surface area contributed by atoms with Crippen molar-refractivity contribution in [3.05, 3.63) is 66.2 Å². The van der Waals surface area contributed by atoms with Gasteiger partial charge in [0, 0.05) is 0 Å². The SMILES string of the molecule is CC[C@H](NC(=O)[C@H](CC1CCCCC1)NC(=O)OCc1ccccc1)C(=O)CS(=O)(=O)c1ccccc1. The Balaban J connectivity index is 1.64. The molecule has 9 heteroatoms. The molecule has 1 aliphatic rings. The number of hydrogen-bond acceptors (Lipinski definition) is 6. The molecular weight excluding hydrogens is 492 g/mol. The molecule has 8 nitrogen and oxygen atoms in total. The van der Waals surface area contributed by atoms with Crippen molar-refractivity contribution in [2.24, 2.45) is 5.92 Å². The van der Waals surface area contributed by atoms with Crippen LogP contribution in [-0.2, 0) is 30.8 Å². The van der Waals surface area contributed by atoms with Gasteiger partial charge in [-0.25, -0.2) is 13.2 Å². The molecule has 0 unspecified atom stereocenters. The Morgan fingerprint density at radius 3 is 2.14 bits per heavy atom. The number of carbonyl (C=O) groups excluding carboxylic acids is 3. The molecule has 0 spiro atoms. The summed E-state index contributed by atoms with van der Waals surface area (Å²) in [7, 11) is -3.84. The average Bonchev–Trinajstić information content (AvgIpc) is 2.91. The average molecular weight is 529 g/mol. The quantitative estimate of drug-likeness (QED) is 0.426. The Bertz CT molecular complexity index is 1130. The number of alkyl carbamates (subject to hydrolysis) is 1. The number of benzene rings is 2. The van der Waals surface area contributed by atoms with Crippen LogP contribution in [0.1, 0.15) is 57.4 Å². The first-order valence-corrected chi connectivity index (χ1v) is 14.5. The maximum atomic E-state index is 13.3. The Hall–Kier alpha value is -3.20. The van der Waals surface area contributed by atoms with Crippen LogP contribution in [0.25, 0.3) is 0 Å². The van der Waals surface area contributed by atoms with Crippen LogP contribution in [0, 0.1) is 5.92 Å². The van der Waals surface area contributed by atoms with Crippen LogP contribution in [0.5, 0.6) is 0 Å². The zero-order chi connectivity index (χ0) is 26.7. The monoisotopic (exact) mass is 528 g/mol. The van der Waals surface area contributed by atoms with E-state index in [0.29, 0.717) is 6.42 Å². The van der Waals surface area contributed by atoms with Crippen molar-refractivity contribution in [3.63, 3.8) is 0 Å². The summed E-state index contributed by atoms with van der Waals surface area (Å²) >= 11 is 0. The number of rotatable bonds is 12. The van der Waals surface area contributed by atoms with Crippen LogP contribution in [0.15, 0.2) is 65.6 Å². The molecular formula is C28H36N2O6S. The van der Waals surface area contributed by atoms with Crippen molar-refractivity contribution >= 4 is 27.6 Å². The molecule has 0 aliphatic heterocycles. The lowest BCUT2D eigenvalue weighted by Crippen LogP contribution is -2.52. The highest BCUT2D eigenvalue weighted by atomic mass is 32.2. The Labute approximate surface area is 219 Å². The number of Topliss-reactive ketones (excluding diaryl/α,β-unsaturated/α-hetero) is 1. The smallest absolute Gasteiger partial charge is 0.408 e. The van der Waals surface area contributed by atoms with E-state index in [1.807, 2.05) is 30.3 Å². The van der Waals surface area contributed by atoms with E-state index in [1.54, 1.807) is 25.1 Å². The lowest BCUT2D eigenvalue weighted by atomic mass is 9.84. The highest BCUT2D eigenvalue weighted by Gasteiger charge is 2.31. The predicted molar refractivity (Wildman–Crippen MR) is 140 cm³/mol. The van der Waals surface area contributed by atoms with E-state index in [-0.39, 0.29) is 23.8 Å². The number of ketones is 1. The number of nitrogens with one attached hydrogen (secondary N) is 2. The minimum atomic E-state index is -3.84. The third-order valence-corrected chi connectivity index (χ3v) is 8.32. The molecule has 0 bridgehead atoms. The van der Waals surface area contributed by atoms with Gasteiger partial charge in [-0.2, -0.15) is 0 Å². The van der Waals surface area contributed by atoms with Crippen LogP contribution in [-0.4, -0.2) is 44.0 Å². The molecule has 2 amide bonds. The molecule has 0 heterocycles. The van der Waals surface area contributed by atoms with Gasteiger partial charge in [-0.05, 0) is 36.5 Å². The summed E-state index contributed by atoms with van der Waals surface area (Å²) in [6, 6.07) is 15.1. The predicted octanol–water partition coefficient (Wildman–Crippen LogP) is 4.19. The molecule has 200 valence electrons. The third kappa shape index (κ3) is 9.00. The van der Waals surface area contributed by atoms with Crippen LogP contribution < -0.4 is 10.6 Å². The first kappa shape index (κ1) is 28.4. The molecule has 2 atom stereocenters. The fraction of sp³-hybridized carbons (Fsp3) is 0.464. The second-order valence-electron chi connectivity index (χ2n) is 9.51. The standard InChI is InChI=1S/C28H36N2O6S/c1-2-24(26(31)20-37(34,35)23-16-10-5-11-17-23)29-27(32)25(18-21-12-6-3-7-13-21)30-28(33)36-19-22-14-8-4-9-15-22/h4-5,8-11,14-17,21,24-25H,2-3,6-7,12-13,18-20H2,1H3,(H,29,32)(H,30,33)/t24-,25-/m0/s1. The summed E-state index contributed by atoms with van der Waals surface area (Å²) < 4.78 is 30.7. The van der Waals surface area contributed by atoms with Crippen molar-refractivity contribution < 1.29 is 27.5 Å². The number of hydrogen-bond donors (Lipinski definition) is 2. The lowest BCUT2D eigenvalue weighted by Gasteiger charge is -2.27. The molecule has 1 saturated carbocycles. The fourth-order valence-electron chi connectivity index (χ4n) is 4.58. The van der Waals surface area contributed by atoms with E-state index >= 15 is 0 Å². The molecule has 1 aliphatic carbocycles. The molecule has 2 aromatic carbocycles. The van der Waals surface area contributed by atoms with Gasteiger partial charge in [0.1, 0.15) is 18.4 Å². The van der Waals surface area contributed by atoms with Gasteiger partial charge in [0.2, 0.25) is 5.91 Å². The van der Waals surface area contributed by atoms with Gasteiger partial charge in [0.05, 0.1) is 10.9 Å². The van der Waals surface area contributed by atoms with Crippen LogP contribution in [0.3, 0.4) is 0 Å². The van der Waals surface area contributed by atoms with Crippen LogP contribution >= 0.6 is 0 Å². The largest absolute Gasteiger partial charge is 0.445 e. The minimum Gasteiger partial charge on any atom is -0.445 e. The summed E-state index contributed by atoms with van der Waals surface area (Å²) in [5, 5.41) is 5.36. The Kier molecular flexibility index (Phi) is 10.7. The van der Waals surface area contributed by atoms with Crippen LogP contribution in [0.2, 0.25) is 0 Å². The second-order valence-corrected chi connectivity index (χ2v) is 11.5. The molecule has 0 aromatic heterocycles. The Morgan fingerprint density at radius 2 is 1.51 bits per heavy atom. The molecule has 3 rings (SSSR count). The van der Waals surface area contributed by atoms with Crippen molar-refractivity contribution in [3.8, 4) is 0 Å². The maximum absolute atomic E-state index is 13.3. The van der Waals surface area contributed by atoms with Crippen LogP contribution in [0.4, 0.5) is 4.79 Å². The van der Waals surface area contributed by atoms with Gasteiger partial charge < -0.3 is 15.4 Å². The minimum absolute atomic E-state index is 0.0579. The molecule has 2 N–H and O–H groups in total. The molecule has 2 aromatic rings. The second kappa shape index (κ2) is 13.9. The van der Waals surface area contributed by atoms with Gasteiger partial charge in [0.15, 0.2) is 15.6 Å². The lowest BCUT2D eigenvalue weighted by molar-refractivity contribution is -0.128. The van der Waals surface area contributed by atoms with Crippen molar-refractivity contribution in [2.45, 2.75) is 75.5 Å². The van der Waals surface area contributed by atoms with Gasteiger partial charge >= 0.3 is 6.09 Å². The van der Waals surface area contributed by atoms with Crippen molar-refractivity contribution in [2.75, 3.05) is 5.75 Å². The first-order chi connectivity index (χ1) is 17.8. The summed E-state index contributed by atoms with van der Waals surface area (Å²) in [4.78, 5) is 38.7. The van der Waals surface area contributed by atoms with E-state index in [1.165, 1.54) is 12.1 Å². The number of carbonyl (C=O) groups is 3. The van der Waals surface area contributed by atoms with E-state index in [2.05, 4.69) is 10.6 Å². The van der Waals surface area contributed by atoms with Gasteiger partial charge in [-0.3, -0.25) is 9.59 Å². The van der Waals surface area contributed by atoms with E-state index in [4.69, 9.17) is 4.74 Å². The molecule has 0 radical (unpaired) electrons. The highest BCUT2D eigenvalue weighted by molar-refractivity contribution is 7.92. The van der Waals surface area contributed by atoms with Gasteiger partial charge in [-0.15, -0.1) is 0 Å². The molecule has 0 saturated heterocycles.